The summed E-state index contributed by atoms with van der Waals surface area (Å²) in [5.74, 6) is -1.77. The van der Waals surface area contributed by atoms with Crippen molar-refractivity contribution in [3.8, 4) is 0 Å². The van der Waals surface area contributed by atoms with Crippen LogP contribution >= 0.6 is 0 Å². The van der Waals surface area contributed by atoms with E-state index in [9.17, 15) is 17.6 Å². The first-order valence-corrected chi connectivity index (χ1v) is 10.7. The topological polar surface area (TPSA) is 63.2 Å². The Balaban J connectivity index is 2.11. The van der Waals surface area contributed by atoms with Gasteiger partial charge in [-0.25, -0.2) is 12.8 Å². The molecule has 0 radical (unpaired) electrons. The monoisotopic (exact) mass is 389 g/mol. The van der Waals surface area contributed by atoms with Gasteiger partial charge in [0, 0.05) is 11.8 Å². The molecule has 6 heteroatoms. The molecule has 1 aliphatic rings. The van der Waals surface area contributed by atoms with Crippen LogP contribution in [0.4, 0.5) is 4.39 Å². The molecule has 0 fully saturated rings. The van der Waals surface area contributed by atoms with Gasteiger partial charge < -0.3 is 5.32 Å². The molecular weight excluding hydrogens is 365 g/mol. The minimum atomic E-state index is -3.89. The number of halogens is 1. The van der Waals surface area contributed by atoms with Gasteiger partial charge in [-0.15, -0.1) is 0 Å². The normalized spacial score (nSPS) is 18.0. The fourth-order valence-corrected chi connectivity index (χ4v) is 5.44. The molecule has 2 unspecified atom stereocenters. The molecule has 2 aromatic carbocycles. The maximum Gasteiger partial charge on any atom is 0.223 e. The van der Waals surface area contributed by atoms with Crippen LogP contribution in [0.3, 0.4) is 0 Å². The highest BCUT2D eigenvalue weighted by molar-refractivity contribution is 7.92. The van der Waals surface area contributed by atoms with Gasteiger partial charge in [-0.1, -0.05) is 44.2 Å². The Labute approximate surface area is 159 Å². The van der Waals surface area contributed by atoms with E-state index in [1.807, 2.05) is 6.07 Å². The number of hydrogen-bond acceptors (Lipinski definition) is 3. The highest BCUT2D eigenvalue weighted by atomic mass is 32.2. The third-order valence-corrected chi connectivity index (χ3v) is 7.10. The number of sulfone groups is 1. The van der Waals surface area contributed by atoms with E-state index in [-0.39, 0.29) is 16.7 Å². The van der Waals surface area contributed by atoms with E-state index < -0.39 is 26.9 Å². The van der Waals surface area contributed by atoms with Crippen LogP contribution in [-0.4, -0.2) is 19.7 Å². The summed E-state index contributed by atoms with van der Waals surface area (Å²) in [4.78, 5) is 12.5. The largest absolute Gasteiger partial charge is 0.339 e. The van der Waals surface area contributed by atoms with Crippen LogP contribution in [-0.2, 0) is 21.1 Å². The summed E-state index contributed by atoms with van der Waals surface area (Å²) in [6.45, 7) is 3.41. The molecule has 1 aliphatic carbocycles. The number of amides is 1. The quantitative estimate of drug-likeness (QED) is 0.846. The lowest BCUT2D eigenvalue weighted by Gasteiger charge is -2.33. The van der Waals surface area contributed by atoms with Gasteiger partial charge in [0.2, 0.25) is 5.91 Å². The first-order valence-electron chi connectivity index (χ1n) is 9.19. The second kappa shape index (κ2) is 7.80. The first kappa shape index (κ1) is 19.5. The molecule has 0 aliphatic heterocycles. The lowest BCUT2D eigenvalue weighted by molar-refractivity contribution is -0.124. The van der Waals surface area contributed by atoms with Gasteiger partial charge >= 0.3 is 0 Å². The molecule has 3 rings (SSSR count). The molecule has 144 valence electrons. The molecule has 0 spiro atoms. The maximum atomic E-state index is 14.7. The Hall–Kier alpha value is -2.21. The Kier molecular flexibility index (Phi) is 5.65. The summed E-state index contributed by atoms with van der Waals surface area (Å²) in [5.41, 5.74) is 1.23. The fraction of sp³-hybridized carbons (Fsp3) is 0.381. The van der Waals surface area contributed by atoms with Gasteiger partial charge in [-0.2, -0.15) is 0 Å². The molecule has 0 saturated heterocycles. The number of aryl methyl sites for hydroxylation is 1. The van der Waals surface area contributed by atoms with E-state index in [0.717, 1.165) is 12.0 Å². The van der Waals surface area contributed by atoms with Crippen LogP contribution in [0.15, 0.2) is 53.4 Å². The van der Waals surface area contributed by atoms with Crippen molar-refractivity contribution in [3.63, 3.8) is 0 Å². The van der Waals surface area contributed by atoms with Crippen molar-refractivity contribution >= 4 is 15.7 Å². The minimum Gasteiger partial charge on any atom is -0.339 e. The lowest BCUT2D eigenvalue weighted by atomic mass is 9.82. The van der Waals surface area contributed by atoms with Crippen LogP contribution < -0.4 is 5.32 Å². The average Bonchev–Trinajstić information content (AvgIpc) is 2.66. The maximum absolute atomic E-state index is 14.7. The molecule has 1 N–H and O–H groups in total. The van der Waals surface area contributed by atoms with Gasteiger partial charge in [0.1, 0.15) is 11.2 Å². The summed E-state index contributed by atoms with van der Waals surface area (Å²) < 4.78 is 41.4. The summed E-state index contributed by atoms with van der Waals surface area (Å²) >= 11 is 0. The van der Waals surface area contributed by atoms with Gasteiger partial charge in [-0.3, -0.25) is 4.79 Å². The number of nitrogens with one attached hydrogen (secondary N) is 1. The molecule has 2 atom stereocenters. The van der Waals surface area contributed by atoms with Crippen molar-refractivity contribution in [2.45, 2.75) is 49.3 Å². The van der Waals surface area contributed by atoms with Crippen molar-refractivity contribution in [1.82, 2.24) is 5.32 Å². The van der Waals surface area contributed by atoms with E-state index in [1.54, 1.807) is 38.1 Å². The molecule has 0 heterocycles. The van der Waals surface area contributed by atoms with Gasteiger partial charge in [0.05, 0.1) is 4.90 Å². The van der Waals surface area contributed by atoms with Gasteiger partial charge in [-0.05, 0) is 48.6 Å². The van der Waals surface area contributed by atoms with E-state index in [0.29, 0.717) is 18.4 Å². The summed E-state index contributed by atoms with van der Waals surface area (Å²) in [6, 6.07) is 12.9. The average molecular weight is 389 g/mol. The minimum absolute atomic E-state index is 0.127. The smallest absolute Gasteiger partial charge is 0.223 e. The van der Waals surface area contributed by atoms with Crippen molar-refractivity contribution in [2.75, 3.05) is 0 Å². The van der Waals surface area contributed by atoms with Gasteiger partial charge in [0.25, 0.3) is 0 Å². The van der Waals surface area contributed by atoms with Crippen LogP contribution in [0.5, 0.6) is 0 Å². The van der Waals surface area contributed by atoms with Crippen molar-refractivity contribution in [1.29, 1.82) is 0 Å². The highest BCUT2D eigenvalue weighted by Gasteiger charge is 2.40. The molecule has 2 aromatic rings. The Morgan fingerprint density at radius 3 is 2.48 bits per heavy atom. The van der Waals surface area contributed by atoms with E-state index in [1.165, 1.54) is 18.2 Å². The number of rotatable bonds is 5. The number of fused-ring (bicyclic) bond motifs is 1. The molecule has 4 nitrogen and oxygen atoms in total. The zero-order valence-corrected chi connectivity index (χ0v) is 16.3. The highest BCUT2D eigenvalue weighted by Crippen LogP contribution is 2.39. The number of carbonyl (C=O) groups is 1. The Bertz CT molecular complexity index is 926. The molecule has 1 amide bonds. The molecular formula is C21H24FNO3S. The number of carbonyl (C=O) groups excluding carboxylic acids is 1. The van der Waals surface area contributed by atoms with Crippen LogP contribution in [0.1, 0.15) is 43.7 Å². The second-order valence-corrected chi connectivity index (χ2v) is 9.32. The summed E-state index contributed by atoms with van der Waals surface area (Å²) in [7, 11) is -3.89. The molecule has 0 bridgehead atoms. The molecule has 27 heavy (non-hydrogen) atoms. The predicted octanol–water partition coefficient (Wildman–Crippen LogP) is 3.82. The van der Waals surface area contributed by atoms with Crippen molar-refractivity contribution < 1.29 is 17.6 Å². The Morgan fingerprint density at radius 2 is 1.81 bits per heavy atom. The predicted molar refractivity (Wildman–Crippen MR) is 102 cm³/mol. The third-order valence-electron chi connectivity index (χ3n) is 5.06. The SMILES string of the molecule is CC(C)C(=O)NC(C1CCCc2cccc(F)c21)S(=O)(=O)c1ccccc1. The van der Waals surface area contributed by atoms with Crippen LogP contribution in [0.2, 0.25) is 0 Å². The molecule has 0 saturated carbocycles. The standard InChI is InChI=1S/C21H24FNO3S/c1-14(2)20(24)23-21(27(25,26)16-10-4-3-5-11-16)17-12-6-8-15-9-7-13-18(22)19(15)17/h3-5,7,9-11,13-14,17,21H,6,8,12H2,1-2H3,(H,23,24). The molecule has 0 aromatic heterocycles. The van der Waals surface area contributed by atoms with E-state index >= 15 is 0 Å². The summed E-state index contributed by atoms with van der Waals surface area (Å²) in [5, 5.41) is 1.50. The lowest BCUT2D eigenvalue weighted by Crippen LogP contribution is -2.47. The second-order valence-electron chi connectivity index (χ2n) is 7.25. The third kappa shape index (κ3) is 3.90. The number of hydrogen-bond donors (Lipinski definition) is 1. The number of benzene rings is 2. The summed E-state index contributed by atoms with van der Waals surface area (Å²) in [6.07, 6.45) is 1.96. The Morgan fingerprint density at radius 1 is 1.11 bits per heavy atom. The van der Waals surface area contributed by atoms with Crippen molar-refractivity contribution in [2.24, 2.45) is 5.92 Å². The van der Waals surface area contributed by atoms with E-state index in [4.69, 9.17) is 0 Å². The van der Waals surface area contributed by atoms with Gasteiger partial charge in [0.15, 0.2) is 9.84 Å². The van der Waals surface area contributed by atoms with Crippen molar-refractivity contribution in [3.05, 3.63) is 65.5 Å². The van der Waals surface area contributed by atoms with E-state index in [2.05, 4.69) is 5.32 Å². The first-order chi connectivity index (χ1) is 12.8. The zero-order valence-electron chi connectivity index (χ0n) is 15.5. The van der Waals surface area contributed by atoms with Crippen LogP contribution in [0.25, 0.3) is 0 Å². The fourth-order valence-electron chi connectivity index (χ4n) is 3.63. The van der Waals surface area contributed by atoms with Crippen LogP contribution in [0, 0.1) is 11.7 Å². The zero-order chi connectivity index (χ0) is 19.6.